The average molecular weight is 435 g/mol. The van der Waals surface area contributed by atoms with Crippen LogP contribution in [0.5, 0.6) is 0 Å². The molecule has 0 aliphatic carbocycles. The van der Waals surface area contributed by atoms with Gasteiger partial charge in [-0.05, 0) is 30.7 Å². The number of aromatic nitrogens is 2. The molecule has 114 valence electrons. The van der Waals surface area contributed by atoms with Crippen molar-refractivity contribution in [3.05, 3.63) is 52.3 Å². The molecule has 0 amide bonds. The van der Waals surface area contributed by atoms with E-state index < -0.39 is 0 Å². The van der Waals surface area contributed by atoms with E-state index in [9.17, 15) is 0 Å². The maximum atomic E-state index is 6.42. The third kappa shape index (κ3) is 3.91. The lowest BCUT2D eigenvalue weighted by atomic mass is 9.81. The number of benzene rings is 1. The van der Waals surface area contributed by atoms with E-state index in [-0.39, 0.29) is 5.41 Å². The van der Waals surface area contributed by atoms with E-state index in [1.165, 1.54) is 5.56 Å². The summed E-state index contributed by atoms with van der Waals surface area (Å²) in [6.45, 7) is 1.95. The summed E-state index contributed by atoms with van der Waals surface area (Å²) in [5, 5.41) is 7.02. The Morgan fingerprint density at radius 1 is 1.14 bits per heavy atom. The highest BCUT2D eigenvalue weighted by molar-refractivity contribution is 9.09. The van der Waals surface area contributed by atoms with Crippen molar-refractivity contribution in [2.45, 2.75) is 19.8 Å². The molecule has 1 heterocycles. The first-order chi connectivity index (χ1) is 10.0. The van der Waals surface area contributed by atoms with Gasteiger partial charge in [0.05, 0.1) is 16.4 Å². The number of rotatable bonds is 6. The third-order valence-electron chi connectivity index (χ3n) is 3.79. The molecule has 21 heavy (non-hydrogen) atoms. The highest BCUT2D eigenvalue weighted by Gasteiger charge is 2.31. The Morgan fingerprint density at radius 2 is 1.76 bits per heavy atom. The van der Waals surface area contributed by atoms with E-state index in [1.807, 2.05) is 18.7 Å². The second-order valence-corrected chi connectivity index (χ2v) is 7.08. The summed E-state index contributed by atoms with van der Waals surface area (Å²) in [6, 6.07) is 10.6. The van der Waals surface area contributed by atoms with Gasteiger partial charge < -0.3 is 0 Å². The van der Waals surface area contributed by atoms with Crippen LogP contribution in [0.1, 0.15) is 17.0 Å². The zero-order valence-corrected chi connectivity index (χ0v) is 16.2. The van der Waals surface area contributed by atoms with Crippen LogP contribution in [0.25, 0.3) is 0 Å². The van der Waals surface area contributed by atoms with E-state index in [0.717, 1.165) is 39.9 Å². The topological polar surface area (TPSA) is 17.8 Å². The minimum atomic E-state index is 0.0746. The Labute approximate surface area is 148 Å². The minimum Gasteiger partial charge on any atom is -0.271 e. The standard InChI is InChI=1S/C16H19Br2ClN2/c1-12-15(19)14(21(2)20-12)9-16(10-17,11-18)8-13-6-4-3-5-7-13/h3-7H,8-11H2,1-2H3. The summed E-state index contributed by atoms with van der Waals surface area (Å²) < 4.78 is 1.91. The fraction of sp³-hybridized carbons (Fsp3) is 0.438. The van der Waals surface area contributed by atoms with Crippen molar-refractivity contribution in [3.8, 4) is 0 Å². The SMILES string of the molecule is Cc1nn(C)c(CC(CBr)(CBr)Cc2ccccc2)c1Cl. The van der Waals surface area contributed by atoms with Crippen molar-refractivity contribution in [2.24, 2.45) is 12.5 Å². The molecule has 0 bridgehead atoms. The van der Waals surface area contributed by atoms with Crippen LogP contribution < -0.4 is 0 Å². The molecule has 0 saturated heterocycles. The van der Waals surface area contributed by atoms with Crippen molar-refractivity contribution in [2.75, 3.05) is 10.7 Å². The largest absolute Gasteiger partial charge is 0.271 e. The lowest BCUT2D eigenvalue weighted by molar-refractivity contribution is 0.374. The maximum absolute atomic E-state index is 6.42. The van der Waals surface area contributed by atoms with Gasteiger partial charge in [-0.2, -0.15) is 5.10 Å². The van der Waals surface area contributed by atoms with Crippen LogP contribution in [-0.2, 0) is 19.9 Å². The molecule has 0 radical (unpaired) electrons. The van der Waals surface area contributed by atoms with Gasteiger partial charge in [-0.1, -0.05) is 73.8 Å². The molecule has 2 aromatic rings. The number of halogens is 3. The quantitative estimate of drug-likeness (QED) is 0.589. The van der Waals surface area contributed by atoms with Gasteiger partial charge in [0.15, 0.2) is 0 Å². The lowest BCUT2D eigenvalue weighted by Gasteiger charge is -2.30. The molecule has 0 aliphatic heterocycles. The molecule has 0 saturated carbocycles. The van der Waals surface area contributed by atoms with Crippen molar-refractivity contribution in [1.29, 1.82) is 0 Å². The monoisotopic (exact) mass is 432 g/mol. The summed E-state index contributed by atoms with van der Waals surface area (Å²) in [5.41, 5.74) is 3.41. The number of hydrogen-bond donors (Lipinski definition) is 0. The van der Waals surface area contributed by atoms with E-state index in [0.29, 0.717) is 0 Å². The van der Waals surface area contributed by atoms with Gasteiger partial charge in [0.25, 0.3) is 0 Å². The summed E-state index contributed by atoms with van der Waals surface area (Å²) >= 11 is 13.8. The Bertz CT molecular complexity index is 592. The second-order valence-electron chi connectivity index (χ2n) is 5.58. The van der Waals surface area contributed by atoms with Crippen molar-refractivity contribution < 1.29 is 0 Å². The van der Waals surface area contributed by atoms with Crippen molar-refractivity contribution >= 4 is 43.5 Å². The van der Waals surface area contributed by atoms with Crippen molar-refractivity contribution in [3.63, 3.8) is 0 Å². The highest BCUT2D eigenvalue weighted by Crippen LogP contribution is 2.35. The van der Waals surface area contributed by atoms with Crippen LogP contribution >= 0.6 is 43.5 Å². The Kier molecular flexibility index (Phi) is 5.92. The lowest BCUT2D eigenvalue weighted by Crippen LogP contribution is -2.31. The second kappa shape index (κ2) is 7.30. The predicted octanol–water partition coefficient (Wildman–Crippen LogP) is 4.94. The fourth-order valence-electron chi connectivity index (χ4n) is 2.54. The molecule has 0 fully saturated rings. The van der Waals surface area contributed by atoms with E-state index in [4.69, 9.17) is 11.6 Å². The molecule has 0 N–H and O–H groups in total. The fourth-order valence-corrected chi connectivity index (χ4v) is 4.49. The van der Waals surface area contributed by atoms with Crippen LogP contribution in [-0.4, -0.2) is 20.4 Å². The number of hydrogen-bond acceptors (Lipinski definition) is 1. The average Bonchev–Trinajstić information content (AvgIpc) is 2.73. The third-order valence-corrected chi connectivity index (χ3v) is 6.66. The molecular formula is C16H19Br2ClN2. The maximum Gasteiger partial charge on any atom is 0.0847 e. The van der Waals surface area contributed by atoms with Gasteiger partial charge in [-0.3, -0.25) is 4.68 Å². The van der Waals surface area contributed by atoms with E-state index >= 15 is 0 Å². The Balaban J connectivity index is 2.30. The summed E-state index contributed by atoms with van der Waals surface area (Å²) in [5.74, 6) is 0. The van der Waals surface area contributed by atoms with Crippen LogP contribution in [0.4, 0.5) is 0 Å². The van der Waals surface area contributed by atoms with Crippen LogP contribution in [0, 0.1) is 12.3 Å². The molecule has 2 nitrogen and oxygen atoms in total. The van der Waals surface area contributed by atoms with Gasteiger partial charge in [0, 0.05) is 17.7 Å². The van der Waals surface area contributed by atoms with Crippen LogP contribution in [0.2, 0.25) is 5.02 Å². The van der Waals surface area contributed by atoms with Crippen molar-refractivity contribution in [1.82, 2.24) is 9.78 Å². The molecule has 1 aromatic heterocycles. The first kappa shape index (κ1) is 17.0. The zero-order valence-electron chi connectivity index (χ0n) is 12.2. The van der Waals surface area contributed by atoms with Crippen LogP contribution in [0.3, 0.4) is 0 Å². The number of nitrogens with zero attached hydrogens (tertiary/aromatic N) is 2. The van der Waals surface area contributed by atoms with E-state index in [1.54, 1.807) is 0 Å². The van der Waals surface area contributed by atoms with Gasteiger partial charge in [-0.15, -0.1) is 0 Å². The molecule has 1 aromatic carbocycles. The Morgan fingerprint density at radius 3 is 2.24 bits per heavy atom. The summed E-state index contributed by atoms with van der Waals surface area (Å²) in [6.07, 6.45) is 1.87. The first-order valence-corrected chi connectivity index (χ1v) is 9.47. The zero-order chi connectivity index (χ0) is 15.5. The molecule has 5 heteroatoms. The number of aryl methyl sites for hydroxylation is 2. The minimum absolute atomic E-state index is 0.0746. The van der Waals surface area contributed by atoms with Gasteiger partial charge in [0.2, 0.25) is 0 Å². The van der Waals surface area contributed by atoms with Gasteiger partial charge in [0.1, 0.15) is 0 Å². The normalized spacial score (nSPS) is 11.9. The summed E-state index contributed by atoms with van der Waals surface area (Å²) in [4.78, 5) is 0. The van der Waals surface area contributed by atoms with Crippen LogP contribution in [0.15, 0.2) is 30.3 Å². The molecular weight excluding hydrogens is 415 g/mol. The van der Waals surface area contributed by atoms with Gasteiger partial charge in [-0.25, -0.2) is 0 Å². The Hall–Kier alpha value is -0.320. The molecule has 0 unspecified atom stereocenters. The van der Waals surface area contributed by atoms with Gasteiger partial charge >= 0.3 is 0 Å². The smallest absolute Gasteiger partial charge is 0.0847 e. The molecule has 0 atom stereocenters. The van der Waals surface area contributed by atoms with E-state index in [2.05, 4.69) is 67.3 Å². The number of alkyl halides is 2. The molecule has 0 aliphatic rings. The molecule has 2 rings (SSSR count). The molecule has 0 spiro atoms. The first-order valence-electron chi connectivity index (χ1n) is 6.85. The highest BCUT2D eigenvalue weighted by atomic mass is 79.9. The summed E-state index contributed by atoms with van der Waals surface area (Å²) in [7, 11) is 1.96. The predicted molar refractivity (Wildman–Crippen MR) is 96.8 cm³/mol.